The fourth-order valence-electron chi connectivity index (χ4n) is 1.19. The summed E-state index contributed by atoms with van der Waals surface area (Å²) in [6, 6.07) is 9.96. The van der Waals surface area contributed by atoms with E-state index in [1.54, 1.807) is 0 Å². The lowest BCUT2D eigenvalue weighted by molar-refractivity contribution is 1.04. The third-order valence-electron chi connectivity index (χ3n) is 2.02. The van der Waals surface area contributed by atoms with Crippen LogP contribution in [0.2, 0.25) is 0 Å². The molecule has 0 aliphatic carbocycles. The van der Waals surface area contributed by atoms with Crippen LogP contribution >= 0.6 is 0 Å². The maximum absolute atomic E-state index is 7.17. The maximum atomic E-state index is 7.17. The SMILES string of the molecule is N=CCCC(C=N)=NCc1ccccc1. The molecule has 3 nitrogen and oxygen atoms in total. The van der Waals surface area contributed by atoms with E-state index in [1.165, 1.54) is 12.4 Å². The molecule has 0 bridgehead atoms. The van der Waals surface area contributed by atoms with Crippen LogP contribution in [-0.2, 0) is 6.54 Å². The van der Waals surface area contributed by atoms with E-state index in [0.717, 1.165) is 11.3 Å². The van der Waals surface area contributed by atoms with Crippen molar-refractivity contribution in [1.29, 1.82) is 10.8 Å². The van der Waals surface area contributed by atoms with Crippen molar-refractivity contribution in [3.05, 3.63) is 35.9 Å². The lowest BCUT2D eigenvalue weighted by atomic mass is 10.2. The summed E-state index contributed by atoms with van der Waals surface area (Å²) in [5.41, 5.74) is 1.90. The van der Waals surface area contributed by atoms with Gasteiger partial charge in [0.25, 0.3) is 0 Å². The Morgan fingerprint density at radius 3 is 2.53 bits per heavy atom. The summed E-state index contributed by atoms with van der Waals surface area (Å²) in [4.78, 5) is 4.32. The Morgan fingerprint density at radius 1 is 1.20 bits per heavy atom. The molecular formula is C12H15N3. The fraction of sp³-hybridized carbons (Fsp3) is 0.250. The molecule has 1 aromatic carbocycles. The van der Waals surface area contributed by atoms with E-state index in [-0.39, 0.29) is 0 Å². The summed E-state index contributed by atoms with van der Waals surface area (Å²) in [6.07, 6.45) is 3.96. The van der Waals surface area contributed by atoms with Gasteiger partial charge in [-0.1, -0.05) is 30.3 Å². The van der Waals surface area contributed by atoms with Gasteiger partial charge < -0.3 is 10.8 Å². The Labute approximate surface area is 89.9 Å². The molecule has 15 heavy (non-hydrogen) atoms. The lowest BCUT2D eigenvalue weighted by Gasteiger charge is -1.99. The Kier molecular flexibility index (Phi) is 5.01. The van der Waals surface area contributed by atoms with Gasteiger partial charge in [-0.05, 0) is 24.6 Å². The number of benzene rings is 1. The van der Waals surface area contributed by atoms with Gasteiger partial charge in [-0.15, -0.1) is 0 Å². The lowest BCUT2D eigenvalue weighted by Crippen LogP contribution is -2.00. The zero-order valence-electron chi connectivity index (χ0n) is 8.61. The summed E-state index contributed by atoms with van der Waals surface area (Å²) in [6.45, 7) is 0.615. The molecular weight excluding hydrogens is 186 g/mol. The highest BCUT2D eigenvalue weighted by molar-refractivity contribution is 6.29. The van der Waals surface area contributed by atoms with Crippen LogP contribution < -0.4 is 0 Å². The summed E-state index contributed by atoms with van der Waals surface area (Å²) in [5, 5.41) is 14.1. The average Bonchev–Trinajstić information content (AvgIpc) is 2.31. The van der Waals surface area contributed by atoms with Gasteiger partial charge in [0, 0.05) is 6.21 Å². The van der Waals surface area contributed by atoms with E-state index in [4.69, 9.17) is 10.8 Å². The van der Waals surface area contributed by atoms with Crippen molar-refractivity contribution in [1.82, 2.24) is 0 Å². The van der Waals surface area contributed by atoms with Crippen LogP contribution in [0, 0.1) is 10.8 Å². The van der Waals surface area contributed by atoms with Gasteiger partial charge >= 0.3 is 0 Å². The van der Waals surface area contributed by atoms with Crippen molar-refractivity contribution >= 4 is 18.1 Å². The zero-order chi connectivity index (χ0) is 10.9. The highest BCUT2D eigenvalue weighted by Crippen LogP contribution is 2.01. The van der Waals surface area contributed by atoms with E-state index >= 15 is 0 Å². The number of nitrogens with zero attached hydrogens (tertiary/aromatic N) is 1. The molecule has 0 radical (unpaired) electrons. The van der Waals surface area contributed by atoms with Crippen LogP contribution in [0.5, 0.6) is 0 Å². The molecule has 0 saturated heterocycles. The number of nitrogens with one attached hydrogen (secondary N) is 2. The standard InChI is InChI=1S/C12H15N3/c13-8-4-7-12(9-14)15-10-11-5-2-1-3-6-11/h1-3,5-6,8-9,13-14H,4,7,10H2. The molecule has 0 fully saturated rings. The zero-order valence-corrected chi connectivity index (χ0v) is 8.61. The topological polar surface area (TPSA) is 60.1 Å². The summed E-state index contributed by atoms with van der Waals surface area (Å²) >= 11 is 0. The van der Waals surface area contributed by atoms with Crippen molar-refractivity contribution in [3.8, 4) is 0 Å². The Morgan fingerprint density at radius 2 is 1.93 bits per heavy atom. The van der Waals surface area contributed by atoms with Crippen LogP contribution in [0.4, 0.5) is 0 Å². The first-order valence-corrected chi connectivity index (χ1v) is 4.93. The summed E-state index contributed by atoms with van der Waals surface area (Å²) in [7, 11) is 0. The molecule has 0 atom stereocenters. The predicted molar refractivity (Wildman–Crippen MR) is 64.4 cm³/mol. The normalized spacial score (nSPS) is 11.1. The maximum Gasteiger partial charge on any atom is 0.0643 e. The van der Waals surface area contributed by atoms with Crippen LogP contribution in [0.25, 0.3) is 0 Å². The predicted octanol–water partition coefficient (Wildman–Crippen LogP) is 2.71. The Balaban J connectivity index is 2.54. The van der Waals surface area contributed by atoms with Crippen LogP contribution in [-0.4, -0.2) is 18.1 Å². The highest BCUT2D eigenvalue weighted by Gasteiger charge is 1.94. The first-order valence-electron chi connectivity index (χ1n) is 4.93. The number of hydrogen-bond donors (Lipinski definition) is 2. The molecule has 0 heterocycles. The van der Waals surface area contributed by atoms with Crippen LogP contribution in [0.1, 0.15) is 18.4 Å². The molecule has 0 saturated carbocycles. The number of rotatable bonds is 6. The fourth-order valence-corrected chi connectivity index (χ4v) is 1.19. The molecule has 0 spiro atoms. The van der Waals surface area contributed by atoms with Gasteiger partial charge in [0.15, 0.2) is 0 Å². The monoisotopic (exact) mass is 201 g/mol. The average molecular weight is 201 g/mol. The van der Waals surface area contributed by atoms with Gasteiger partial charge in [0.2, 0.25) is 0 Å². The minimum atomic E-state index is 0.615. The largest absolute Gasteiger partial charge is 0.313 e. The molecule has 0 amide bonds. The quantitative estimate of drug-likeness (QED) is 0.665. The van der Waals surface area contributed by atoms with E-state index in [1.807, 2.05) is 30.3 Å². The second-order valence-electron chi connectivity index (χ2n) is 3.18. The third-order valence-corrected chi connectivity index (χ3v) is 2.02. The van der Waals surface area contributed by atoms with Crippen LogP contribution in [0.3, 0.4) is 0 Å². The van der Waals surface area contributed by atoms with Gasteiger partial charge in [-0.2, -0.15) is 0 Å². The minimum absolute atomic E-state index is 0.615. The Hall–Kier alpha value is -1.77. The van der Waals surface area contributed by atoms with Crippen molar-refractivity contribution in [2.75, 3.05) is 0 Å². The third kappa shape index (κ3) is 4.31. The van der Waals surface area contributed by atoms with E-state index in [0.29, 0.717) is 19.4 Å². The minimum Gasteiger partial charge on any atom is -0.313 e. The van der Waals surface area contributed by atoms with Gasteiger partial charge in [-0.25, -0.2) is 0 Å². The van der Waals surface area contributed by atoms with E-state index in [2.05, 4.69) is 4.99 Å². The molecule has 2 N–H and O–H groups in total. The van der Waals surface area contributed by atoms with Gasteiger partial charge in [-0.3, -0.25) is 4.99 Å². The van der Waals surface area contributed by atoms with Crippen LogP contribution in [0.15, 0.2) is 35.3 Å². The van der Waals surface area contributed by atoms with Crippen molar-refractivity contribution < 1.29 is 0 Å². The number of aliphatic imine (C=N–C) groups is 1. The molecule has 0 unspecified atom stereocenters. The smallest absolute Gasteiger partial charge is 0.0643 e. The molecule has 0 aromatic heterocycles. The van der Waals surface area contributed by atoms with E-state index in [9.17, 15) is 0 Å². The molecule has 1 aromatic rings. The molecule has 0 aliphatic rings. The second kappa shape index (κ2) is 6.65. The molecule has 3 heteroatoms. The molecule has 0 aliphatic heterocycles. The second-order valence-corrected chi connectivity index (χ2v) is 3.18. The first-order chi connectivity index (χ1) is 7.36. The summed E-state index contributed by atoms with van der Waals surface area (Å²) < 4.78 is 0. The molecule has 1 rings (SSSR count). The highest BCUT2D eigenvalue weighted by atomic mass is 14.7. The van der Waals surface area contributed by atoms with Gasteiger partial charge in [0.1, 0.15) is 0 Å². The van der Waals surface area contributed by atoms with Crippen molar-refractivity contribution in [3.63, 3.8) is 0 Å². The van der Waals surface area contributed by atoms with Crippen molar-refractivity contribution in [2.45, 2.75) is 19.4 Å². The Bertz CT molecular complexity index is 341. The van der Waals surface area contributed by atoms with Crippen molar-refractivity contribution in [2.24, 2.45) is 4.99 Å². The van der Waals surface area contributed by atoms with Gasteiger partial charge in [0.05, 0.1) is 12.3 Å². The number of hydrogen-bond acceptors (Lipinski definition) is 3. The molecule has 78 valence electrons. The first kappa shape index (κ1) is 11.3. The van der Waals surface area contributed by atoms with E-state index < -0.39 is 0 Å². The summed E-state index contributed by atoms with van der Waals surface area (Å²) in [5.74, 6) is 0.